The van der Waals surface area contributed by atoms with Crippen LogP contribution >= 0.6 is 0 Å². The zero-order valence-corrected chi connectivity index (χ0v) is 20.1. The maximum absolute atomic E-state index is 12.5. The van der Waals surface area contributed by atoms with Crippen molar-refractivity contribution in [2.24, 2.45) is 0 Å². The van der Waals surface area contributed by atoms with Crippen molar-refractivity contribution in [2.45, 2.75) is 18.1 Å². The number of esters is 2. The number of carbonyl (C=O) groups excluding carboxylic acids is 3. The summed E-state index contributed by atoms with van der Waals surface area (Å²) in [7, 11) is 0. The Kier molecular flexibility index (Phi) is 5.90. The molecule has 0 saturated heterocycles. The van der Waals surface area contributed by atoms with Gasteiger partial charge in [-0.05, 0) is 45.3 Å². The molecule has 0 fully saturated rings. The third kappa shape index (κ3) is 3.91. The van der Waals surface area contributed by atoms with E-state index in [0.29, 0.717) is 16.3 Å². The van der Waals surface area contributed by atoms with Gasteiger partial charge in [0, 0.05) is 17.8 Å². The number of cyclic esters (lactones) is 2. The molecule has 2 atom stereocenters. The molecule has 1 heterocycles. The first-order valence-electron chi connectivity index (χ1n) is 12.2. The van der Waals surface area contributed by atoms with E-state index in [1.807, 2.05) is 48.5 Å². The largest absolute Gasteiger partial charge is 0.449 e. The molecule has 3 N–H and O–H groups in total. The second-order valence-electron chi connectivity index (χ2n) is 9.33. The number of aliphatic hydroxyl groups is 2. The molecule has 1 aliphatic carbocycles. The molecule has 8 nitrogen and oxygen atoms in total. The van der Waals surface area contributed by atoms with E-state index < -0.39 is 30.2 Å². The van der Waals surface area contributed by atoms with Crippen LogP contribution in [0.5, 0.6) is 0 Å². The second kappa shape index (κ2) is 9.41. The molecule has 2 unspecified atom stereocenters. The fraction of sp³-hybridized carbons (Fsp3) is 0.167. The van der Waals surface area contributed by atoms with Gasteiger partial charge in [0.15, 0.2) is 0 Å². The quantitative estimate of drug-likeness (QED) is 0.264. The van der Waals surface area contributed by atoms with Crippen LogP contribution in [-0.4, -0.2) is 47.5 Å². The van der Waals surface area contributed by atoms with Crippen LogP contribution in [0.4, 0.5) is 4.79 Å². The summed E-state index contributed by atoms with van der Waals surface area (Å²) in [5.41, 5.74) is 5.13. The van der Waals surface area contributed by atoms with Crippen molar-refractivity contribution in [3.8, 4) is 11.1 Å². The Bertz CT molecular complexity index is 1550. The minimum Gasteiger partial charge on any atom is -0.449 e. The highest BCUT2D eigenvalue weighted by molar-refractivity contribution is 6.21. The summed E-state index contributed by atoms with van der Waals surface area (Å²) in [6.45, 7) is -0.154. The standard InChI is InChI=1S/C30H23NO7/c32-25(27(33)21-12-13-23-26-20(21)10-5-11-22(26)28(34)38-29(23)35)14-31-30(36)37-15-24-18-8-3-1-6-16(18)17-7-2-4-9-19(17)24/h1-13,24-25,27,32-33H,14-15H2,(H,31,36). The number of carbonyl (C=O) groups is 3. The lowest BCUT2D eigenvalue weighted by atomic mass is 9.90. The van der Waals surface area contributed by atoms with Gasteiger partial charge in [0.05, 0.1) is 11.1 Å². The molecule has 0 saturated carbocycles. The first-order chi connectivity index (χ1) is 18.4. The third-order valence-electron chi connectivity index (χ3n) is 7.18. The molecule has 4 aromatic rings. The number of nitrogens with one attached hydrogen (secondary N) is 1. The molecular weight excluding hydrogens is 486 g/mol. The van der Waals surface area contributed by atoms with Gasteiger partial charge in [-0.1, -0.05) is 66.7 Å². The molecule has 0 radical (unpaired) electrons. The van der Waals surface area contributed by atoms with E-state index in [2.05, 4.69) is 5.32 Å². The Hall–Kier alpha value is -4.53. The van der Waals surface area contributed by atoms with Crippen molar-refractivity contribution in [1.29, 1.82) is 0 Å². The molecule has 4 aromatic carbocycles. The Morgan fingerprint density at radius 2 is 1.42 bits per heavy atom. The van der Waals surface area contributed by atoms with E-state index in [9.17, 15) is 24.6 Å². The average Bonchev–Trinajstić information content (AvgIpc) is 3.26. The molecule has 1 aliphatic heterocycles. The number of hydrogen-bond donors (Lipinski definition) is 3. The maximum atomic E-state index is 12.5. The minimum absolute atomic E-state index is 0.101. The average molecular weight is 510 g/mol. The van der Waals surface area contributed by atoms with Gasteiger partial charge >= 0.3 is 18.0 Å². The number of rotatable bonds is 6. The first-order valence-corrected chi connectivity index (χ1v) is 12.2. The van der Waals surface area contributed by atoms with Crippen molar-refractivity contribution in [3.05, 3.63) is 107 Å². The number of fused-ring (bicyclic) bond motifs is 3. The highest BCUT2D eigenvalue weighted by atomic mass is 16.6. The third-order valence-corrected chi connectivity index (χ3v) is 7.18. The van der Waals surface area contributed by atoms with Gasteiger partial charge in [0.2, 0.25) is 0 Å². The zero-order chi connectivity index (χ0) is 26.4. The summed E-state index contributed by atoms with van der Waals surface area (Å²) in [6.07, 6.45) is -3.50. The predicted octanol–water partition coefficient (Wildman–Crippen LogP) is 4.08. The Balaban J connectivity index is 1.13. The van der Waals surface area contributed by atoms with Gasteiger partial charge in [-0.25, -0.2) is 14.4 Å². The fourth-order valence-corrected chi connectivity index (χ4v) is 5.38. The Morgan fingerprint density at radius 1 is 0.816 bits per heavy atom. The number of hydrogen-bond acceptors (Lipinski definition) is 7. The highest BCUT2D eigenvalue weighted by Gasteiger charge is 2.31. The van der Waals surface area contributed by atoms with Gasteiger partial charge in [-0.15, -0.1) is 0 Å². The molecule has 190 valence electrons. The van der Waals surface area contributed by atoms with Crippen LogP contribution in [0.1, 0.15) is 49.4 Å². The predicted molar refractivity (Wildman–Crippen MR) is 138 cm³/mol. The Labute approximate surface area is 217 Å². The van der Waals surface area contributed by atoms with Crippen LogP contribution in [0.15, 0.2) is 78.9 Å². The molecule has 0 bridgehead atoms. The number of ether oxygens (including phenoxy) is 2. The van der Waals surface area contributed by atoms with Crippen LogP contribution in [0.2, 0.25) is 0 Å². The number of amides is 1. The van der Waals surface area contributed by atoms with Crippen LogP contribution in [-0.2, 0) is 9.47 Å². The summed E-state index contributed by atoms with van der Waals surface area (Å²) in [5.74, 6) is -1.63. The van der Waals surface area contributed by atoms with E-state index in [-0.39, 0.29) is 30.2 Å². The summed E-state index contributed by atoms with van der Waals surface area (Å²) in [6, 6.07) is 23.7. The van der Waals surface area contributed by atoms with Crippen LogP contribution in [0.25, 0.3) is 21.9 Å². The van der Waals surface area contributed by atoms with Gasteiger partial charge in [-0.3, -0.25) is 0 Å². The summed E-state index contributed by atoms with van der Waals surface area (Å²) in [4.78, 5) is 36.8. The van der Waals surface area contributed by atoms with Gasteiger partial charge in [0.1, 0.15) is 18.8 Å². The monoisotopic (exact) mass is 509 g/mol. The van der Waals surface area contributed by atoms with Crippen molar-refractivity contribution < 1.29 is 34.1 Å². The molecule has 0 aromatic heterocycles. The lowest BCUT2D eigenvalue weighted by Gasteiger charge is -2.23. The van der Waals surface area contributed by atoms with Gasteiger partial charge < -0.3 is 25.0 Å². The SMILES string of the molecule is O=C(NCC(O)C(O)c1ccc2c3c(cccc13)C(=O)OC2=O)OCC1c2ccccc2-c2ccccc21. The summed E-state index contributed by atoms with van der Waals surface area (Å²) < 4.78 is 10.3. The molecule has 2 aliphatic rings. The maximum Gasteiger partial charge on any atom is 0.407 e. The summed E-state index contributed by atoms with van der Waals surface area (Å²) >= 11 is 0. The number of aliphatic hydroxyl groups excluding tert-OH is 2. The van der Waals surface area contributed by atoms with Crippen molar-refractivity contribution in [3.63, 3.8) is 0 Å². The number of alkyl carbamates (subject to hydrolysis) is 1. The molecule has 0 spiro atoms. The van der Waals surface area contributed by atoms with Gasteiger partial charge in [0.25, 0.3) is 0 Å². The van der Waals surface area contributed by atoms with E-state index in [1.54, 1.807) is 12.1 Å². The molecule has 1 amide bonds. The topological polar surface area (TPSA) is 122 Å². The summed E-state index contributed by atoms with van der Waals surface area (Å²) in [5, 5.41) is 24.9. The van der Waals surface area contributed by atoms with Crippen LogP contribution < -0.4 is 5.32 Å². The van der Waals surface area contributed by atoms with E-state index in [4.69, 9.17) is 9.47 Å². The highest BCUT2D eigenvalue weighted by Crippen LogP contribution is 2.44. The van der Waals surface area contributed by atoms with Crippen molar-refractivity contribution in [1.82, 2.24) is 5.32 Å². The fourth-order valence-electron chi connectivity index (χ4n) is 5.38. The normalized spacial score (nSPS) is 15.4. The molecule has 8 heteroatoms. The minimum atomic E-state index is -1.40. The van der Waals surface area contributed by atoms with E-state index >= 15 is 0 Å². The number of benzene rings is 4. The van der Waals surface area contributed by atoms with Crippen LogP contribution in [0, 0.1) is 0 Å². The lowest BCUT2D eigenvalue weighted by Crippen LogP contribution is -2.36. The van der Waals surface area contributed by atoms with E-state index in [1.165, 1.54) is 18.2 Å². The van der Waals surface area contributed by atoms with E-state index in [0.717, 1.165) is 22.3 Å². The molecule has 6 rings (SSSR count). The molecule has 38 heavy (non-hydrogen) atoms. The van der Waals surface area contributed by atoms with Crippen molar-refractivity contribution >= 4 is 28.8 Å². The first kappa shape index (κ1) is 23.8. The second-order valence-corrected chi connectivity index (χ2v) is 9.33. The smallest absolute Gasteiger partial charge is 0.407 e. The zero-order valence-electron chi connectivity index (χ0n) is 20.1. The van der Waals surface area contributed by atoms with Crippen LogP contribution in [0.3, 0.4) is 0 Å². The van der Waals surface area contributed by atoms with Gasteiger partial charge in [-0.2, -0.15) is 0 Å². The van der Waals surface area contributed by atoms with Crippen molar-refractivity contribution in [2.75, 3.05) is 13.2 Å². The molecular formula is C30H23NO7. The lowest BCUT2D eigenvalue weighted by molar-refractivity contribution is 0.0193. The Morgan fingerprint density at radius 3 is 2.11 bits per heavy atom.